The predicted molar refractivity (Wildman–Crippen MR) is 114 cm³/mol. The molecule has 0 spiro atoms. The van der Waals surface area contributed by atoms with Crippen LogP contribution in [-0.2, 0) is 9.47 Å². The minimum atomic E-state index is -0.519. The van der Waals surface area contributed by atoms with Crippen LogP contribution in [0.25, 0.3) is 0 Å². The Hall–Kier alpha value is -3.37. The number of benzene rings is 2. The van der Waals surface area contributed by atoms with Gasteiger partial charge in [-0.25, -0.2) is 0 Å². The number of ether oxygens (including phenoxy) is 4. The van der Waals surface area contributed by atoms with Crippen molar-refractivity contribution < 1.29 is 28.7 Å². The number of hydrogen-bond donors (Lipinski definition) is 1. The topological polar surface area (TPSA) is 112 Å². The molecule has 3 rings (SSSR count). The molecule has 1 saturated heterocycles. The molecule has 0 atom stereocenters. The molecule has 0 radical (unpaired) electrons. The van der Waals surface area contributed by atoms with Gasteiger partial charge in [0.25, 0.3) is 11.6 Å². The fourth-order valence-corrected chi connectivity index (χ4v) is 3.20. The van der Waals surface area contributed by atoms with Crippen LogP contribution < -0.4 is 19.7 Å². The fourth-order valence-electron chi connectivity index (χ4n) is 3.20. The van der Waals surface area contributed by atoms with Gasteiger partial charge in [0.1, 0.15) is 6.61 Å². The molecule has 1 fully saturated rings. The van der Waals surface area contributed by atoms with Gasteiger partial charge in [0, 0.05) is 44.1 Å². The zero-order valence-corrected chi connectivity index (χ0v) is 17.5. The third-order valence-electron chi connectivity index (χ3n) is 4.75. The Bertz CT molecular complexity index is 929. The summed E-state index contributed by atoms with van der Waals surface area (Å²) in [5.41, 5.74) is 1.16. The van der Waals surface area contributed by atoms with Crippen molar-refractivity contribution in [3.8, 4) is 11.5 Å². The van der Waals surface area contributed by atoms with Crippen molar-refractivity contribution in [3.05, 3.63) is 52.1 Å². The first-order chi connectivity index (χ1) is 15.0. The molecule has 1 aliphatic rings. The summed E-state index contributed by atoms with van der Waals surface area (Å²) in [5.74, 6) is 0.501. The number of carbonyl (C=O) groups excluding carboxylic acids is 1. The number of rotatable bonds is 9. The monoisotopic (exact) mass is 431 g/mol. The van der Waals surface area contributed by atoms with E-state index in [1.54, 1.807) is 31.4 Å². The standard InChI is InChI=1S/C21H25N3O7/c1-28-11-12-31-20-13-15(3-6-19(20)29-2)22-21(25)17-14-16(24(26)27)4-5-18(17)23-7-9-30-10-8-23/h3-6,13-14H,7-12H2,1-2H3,(H,22,25). The molecule has 10 heteroatoms. The Kier molecular flexibility index (Phi) is 7.63. The number of hydrogen-bond acceptors (Lipinski definition) is 8. The van der Waals surface area contributed by atoms with Crippen LogP contribution in [0.1, 0.15) is 10.4 Å². The average molecular weight is 431 g/mol. The molecule has 1 amide bonds. The highest BCUT2D eigenvalue weighted by molar-refractivity contribution is 6.08. The molecule has 0 aliphatic carbocycles. The molecule has 1 aliphatic heterocycles. The van der Waals surface area contributed by atoms with Gasteiger partial charge in [-0.15, -0.1) is 0 Å². The van der Waals surface area contributed by atoms with Crippen molar-refractivity contribution in [2.24, 2.45) is 0 Å². The number of nitro groups is 1. The summed E-state index contributed by atoms with van der Waals surface area (Å²) in [7, 11) is 3.09. The van der Waals surface area contributed by atoms with Crippen LogP contribution in [0.2, 0.25) is 0 Å². The van der Waals surface area contributed by atoms with Gasteiger partial charge in [0.2, 0.25) is 0 Å². The summed E-state index contributed by atoms with van der Waals surface area (Å²) in [4.78, 5) is 25.8. The largest absolute Gasteiger partial charge is 0.493 e. The predicted octanol–water partition coefficient (Wildman–Crippen LogP) is 2.72. The Labute approximate surface area is 179 Å². The summed E-state index contributed by atoms with van der Waals surface area (Å²) in [5, 5.41) is 14.1. The SMILES string of the molecule is COCCOc1cc(NC(=O)c2cc([N+](=O)[O-])ccc2N2CCOCC2)ccc1OC. The van der Waals surface area contributed by atoms with Gasteiger partial charge in [0.05, 0.1) is 43.1 Å². The number of anilines is 2. The van der Waals surface area contributed by atoms with Crippen molar-refractivity contribution in [2.75, 3.05) is 64.0 Å². The lowest BCUT2D eigenvalue weighted by Crippen LogP contribution is -2.37. The summed E-state index contributed by atoms with van der Waals surface area (Å²) < 4.78 is 21.3. The molecule has 1 N–H and O–H groups in total. The highest BCUT2D eigenvalue weighted by Gasteiger charge is 2.22. The number of non-ortho nitro benzene ring substituents is 1. The molecule has 2 aromatic rings. The fraction of sp³-hybridized carbons (Fsp3) is 0.381. The third-order valence-corrected chi connectivity index (χ3v) is 4.75. The van der Waals surface area contributed by atoms with Gasteiger partial charge in [-0.05, 0) is 18.2 Å². The first-order valence-electron chi connectivity index (χ1n) is 9.75. The molecule has 10 nitrogen and oxygen atoms in total. The van der Waals surface area contributed by atoms with E-state index in [0.29, 0.717) is 62.4 Å². The van der Waals surface area contributed by atoms with Crippen LogP contribution in [0.5, 0.6) is 11.5 Å². The lowest BCUT2D eigenvalue weighted by molar-refractivity contribution is -0.384. The van der Waals surface area contributed by atoms with E-state index in [1.165, 1.54) is 19.2 Å². The number of methoxy groups -OCH3 is 2. The van der Waals surface area contributed by atoms with E-state index in [4.69, 9.17) is 18.9 Å². The highest BCUT2D eigenvalue weighted by Crippen LogP contribution is 2.32. The zero-order valence-electron chi connectivity index (χ0n) is 17.5. The summed E-state index contributed by atoms with van der Waals surface area (Å²) >= 11 is 0. The third kappa shape index (κ3) is 5.62. The number of nitrogens with zero attached hydrogens (tertiary/aromatic N) is 2. The maximum atomic E-state index is 13.1. The van der Waals surface area contributed by atoms with E-state index in [-0.39, 0.29) is 11.3 Å². The quantitative estimate of drug-likeness (QED) is 0.366. The number of nitro benzene ring substituents is 1. The van der Waals surface area contributed by atoms with Gasteiger partial charge >= 0.3 is 0 Å². The second-order valence-corrected chi connectivity index (χ2v) is 6.72. The molecule has 0 saturated carbocycles. The van der Waals surface area contributed by atoms with Crippen molar-refractivity contribution >= 4 is 23.0 Å². The lowest BCUT2D eigenvalue weighted by Gasteiger charge is -2.30. The van der Waals surface area contributed by atoms with Gasteiger partial charge in [0.15, 0.2) is 11.5 Å². The molecule has 0 aromatic heterocycles. The Morgan fingerprint density at radius 1 is 1.13 bits per heavy atom. The summed E-state index contributed by atoms with van der Waals surface area (Å²) in [6.45, 7) is 2.96. The minimum absolute atomic E-state index is 0.152. The van der Waals surface area contributed by atoms with Crippen LogP contribution in [-0.4, -0.2) is 64.6 Å². The Morgan fingerprint density at radius 2 is 1.90 bits per heavy atom. The van der Waals surface area contributed by atoms with E-state index < -0.39 is 10.8 Å². The number of amides is 1. The van der Waals surface area contributed by atoms with E-state index in [2.05, 4.69) is 5.32 Å². The highest BCUT2D eigenvalue weighted by atomic mass is 16.6. The zero-order chi connectivity index (χ0) is 22.2. The molecule has 1 heterocycles. The average Bonchev–Trinajstić information content (AvgIpc) is 2.79. The van der Waals surface area contributed by atoms with Crippen LogP contribution in [0.15, 0.2) is 36.4 Å². The number of morpholine rings is 1. The maximum absolute atomic E-state index is 13.1. The van der Waals surface area contributed by atoms with Gasteiger partial charge < -0.3 is 29.2 Å². The molecular formula is C21H25N3O7. The molecule has 166 valence electrons. The first kappa shape index (κ1) is 22.3. The Balaban J connectivity index is 1.87. The first-order valence-corrected chi connectivity index (χ1v) is 9.75. The van der Waals surface area contributed by atoms with Crippen molar-refractivity contribution in [3.63, 3.8) is 0 Å². The second kappa shape index (κ2) is 10.6. The van der Waals surface area contributed by atoms with Gasteiger partial charge in [-0.2, -0.15) is 0 Å². The van der Waals surface area contributed by atoms with Crippen LogP contribution >= 0.6 is 0 Å². The molecule has 2 aromatic carbocycles. The molecule has 31 heavy (non-hydrogen) atoms. The van der Waals surface area contributed by atoms with Gasteiger partial charge in [-0.1, -0.05) is 0 Å². The number of nitrogens with one attached hydrogen (secondary N) is 1. The molecule has 0 bridgehead atoms. The normalized spacial score (nSPS) is 13.5. The van der Waals surface area contributed by atoms with E-state index >= 15 is 0 Å². The summed E-state index contributed by atoms with van der Waals surface area (Å²) in [6, 6.07) is 9.28. The van der Waals surface area contributed by atoms with Crippen LogP contribution in [0.3, 0.4) is 0 Å². The Morgan fingerprint density at radius 3 is 2.58 bits per heavy atom. The van der Waals surface area contributed by atoms with E-state index in [0.717, 1.165) is 0 Å². The number of carbonyl (C=O) groups is 1. The van der Waals surface area contributed by atoms with E-state index in [1.807, 2.05) is 4.90 Å². The lowest BCUT2D eigenvalue weighted by atomic mass is 10.1. The van der Waals surface area contributed by atoms with E-state index in [9.17, 15) is 14.9 Å². The maximum Gasteiger partial charge on any atom is 0.270 e. The molecule has 0 unspecified atom stereocenters. The van der Waals surface area contributed by atoms with Crippen molar-refractivity contribution in [1.82, 2.24) is 0 Å². The minimum Gasteiger partial charge on any atom is -0.493 e. The molecular weight excluding hydrogens is 406 g/mol. The van der Waals surface area contributed by atoms with Crippen LogP contribution in [0.4, 0.5) is 17.1 Å². The van der Waals surface area contributed by atoms with Gasteiger partial charge in [-0.3, -0.25) is 14.9 Å². The van der Waals surface area contributed by atoms with Crippen LogP contribution in [0, 0.1) is 10.1 Å². The van der Waals surface area contributed by atoms with Crippen molar-refractivity contribution in [2.45, 2.75) is 0 Å². The van der Waals surface area contributed by atoms with Crippen molar-refractivity contribution in [1.29, 1.82) is 0 Å². The second-order valence-electron chi connectivity index (χ2n) is 6.72. The summed E-state index contributed by atoms with van der Waals surface area (Å²) in [6.07, 6.45) is 0. The smallest absolute Gasteiger partial charge is 0.270 e.